The second-order valence-electron chi connectivity index (χ2n) is 2.53. The lowest BCUT2D eigenvalue weighted by atomic mass is 10.4. The Kier molecular flexibility index (Phi) is 3.18. The van der Waals surface area contributed by atoms with Gasteiger partial charge in [0.05, 0.1) is 19.1 Å². The van der Waals surface area contributed by atoms with Gasteiger partial charge in [0.15, 0.2) is 0 Å². The first-order valence-electron chi connectivity index (χ1n) is 4.13. The molecule has 0 fully saturated rings. The van der Waals surface area contributed by atoms with Gasteiger partial charge in [0.1, 0.15) is 5.82 Å². The van der Waals surface area contributed by atoms with Gasteiger partial charge in [-0.15, -0.1) is 5.10 Å². The molecule has 0 bridgehead atoms. The zero-order valence-electron chi connectivity index (χ0n) is 8.02. The number of nitrogens with zero attached hydrogens (tertiary/aromatic N) is 4. The first kappa shape index (κ1) is 10.2. The Bertz CT molecular complexity index is 377. The number of nitriles is 1. The third kappa shape index (κ3) is 2.07. The van der Waals surface area contributed by atoms with Crippen LogP contribution in [0.25, 0.3) is 0 Å². The van der Waals surface area contributed by atoms with Gasteiger partial charge in [0.25, 0.3) is 5.82 Å². The SMILES string of the molecule is CCOC(=O)c1nc(CC#N)n(C)n1. The molecule has 74 valence electrons. The van der Waals surface area contributed by atoms with Crippen molar-refractivity contribution in [2.45, 2.75) is 13.3 Å². The van der Waals surface area contributed by atoms with Crippen LogP contribution in [0.4, 0.5) is 0 Å². The first-order chi connectivity index (χ1) is 6.69. The molecule has 14 heavy (non-hydrogen) atoms. The fourth-order valence-corrected chi connectivity index (χ4v) is 0.924. The monoisotopic (exact) mass is 194 g/mol. The molecule has 0 amide bonds. The molecule has 1 aromatic rings. The van der Waals surface area contributed by atoms with Crippen molar-refractivity contribution in [1.29, 1.82) is 5.26 Å². The minimum absolute atomic E-state index is 0.000370. The Hall–Kier alpha value is -1.90. The summed E-state index contributed by atoms with van der Waals surface area (Å²) in [5, 5.41) is 12.3. The Morgan fingerprint density at radius 1 is 1.71 bits per heavy atom. The van der Waals surface area contributed by atoms with Gasteiger partial charge in [0, 0.05) is 7.05 Å². The summed E-state index contributed by atoms with van der Waals surface area (Å²) < 4.78 is 6.11. The lowest BCUT2D eigenvalue weighted by molar-refractivity contribution is 0.0512. The summed E-state index contributed by atoms with van der Waals surface area (Å²) in [6.45, 7) is 1.99. The van der Waals surface area contributed by atoms with E-state index in [4.69, 9.17) is 10.00 Å². The van der Waals surface area contributed by atoms with Crippen molar-refractivity contribution in [3.8, 4) is 6.07 Å². The normalized spacial score (nSPS) is 9.50. The van der Waals surface area contributed by atoms with Gasteiger partial charge in [-0.25, -0.2) is 9.78 Å². The average Bonchev–Trinajstić information content (AvgIpc) is 2.49. The molecular formula is C8H10N4O2. The van der Waals surface area contributed by atoms with Crippen LogP contribution in [0.5, 0.6) is 0 Å². The van der Waals surface area contributed by atoms with Crippen LogP contribution in [0.1, 0.15) is 23.4 Å². The second-order valence-corrected chi connectivity index (χ2v) is 2.53. The number of hydrogen-bond acceptors (Lipinski definition) is 5. The van der Waals surface area contributed by atoms with Crippen molar-refractivity contribution in [2.75, 3.05) is 6.61 Å². The third-order valence-corrected chi connectivity index (χ3v) is 1.55. The molecule has 6 nitrogen and oxygen atoms in total. The number of aryl methyl sites for hydroxylation is 1. The quantitative estimate of drug-likeness (QED) is 0.635. The van der Waals surface area contributed by atoms with Crippen molar-refractivity contribution in [1.82, 2.24) is 14.8 Å². The van der Waals surface area contributed by atoms with E-state index >= 15 is 0 Å². The Labute approximate surface area is 81.1 Å². The number of esters is 1. The topological polar surface area (TPSA) is 80.8 Å². The molecule has 0 atom stereocenters. The largest absolute Gasteiger partial charge is 0.460 e. The molecule has 0 saturated heterocycles. The van der Waals surface area contributed by atoms with Crippen molar-refractivity contribution < 1.29 is 9.53 Å². The van der Waals surface area contributed by atoms with Crippen LogP contribution < -0.4 is 0 Å². The smallest absolute Gasteiger partial charge is 0.378 e. The maximum atomic E-state index is 11.2. The van der Waals surface area contributed by atoms with Gasteiger partial charge in [-0.1, -0.05) is 0 Å². The number of ether oxygens (including phenoxy) is 1. The van der Waals surface area contributed by atoms with E-state index < -0.39 is 5.97 Å². The van der Waals surface area contributed by atoms with Gasteiger partial charge < -0.3 is 4.74 Å². The molecule has 0 aliphatic carbocycles. The summed E-state index contributed by atoms with van der Waals surface area (Å²) in [6.07, 6.45) is 0.128. The number of carbonyl (C=O) groups is 1. The highest BCUT2D eigenvalue weighted by Gasteiger charge is 2.15. The number of rotatable bonds is 3. The lowest BCUT2D eigenvalue weighted by Gasteiger charge is -1.94. The molecule has 1 rings (SSSR count). The van der Waals surface area contributed by atoms with Crippen molar-refractivity contribution in [3.05, 3.63) is 11.6 Å². The number of aromatic nitrogens is 3. The molecular weight excluding hydrogens is 184 g/mol. The van der Waals surface area contributed by atoms with Crippen LogP contribution in [0.15, 0.2) is 0 Å². The van der Waals surface area contributed by atoms with E-state index in [2.05, 4.69) is 10.1 Å². The molecule has 0 N–H and O–H groups in total. The van der Waals surface area contributed by atoms with Crippen molar-refractivity contribution in [2.24, 2.45) is 7.05 Å². The van der Waals surface area contributed by atoms with Crippen LogP contribution >= 0.6 is 0 Å². The average molecular weight is 194 g/mol. The summed E-state index contributed by atoms with van der Waals surface area (Å²) in [5.74, 6) is -0.109. The van der Waals surface area contributed by atoms with Crippen LogP contribution in [0.2, 0.25) is 0 Å². The van der Waals surface area contributed by atoms with E-state index in [1.54, 1.807) is 14.0 Å². The maximum absolute atomic E-state index is 11.2. The fourth-order valence-electron chi connectivity index (χ4n) is 0.924. The van der Waals surface area contributed by atoms with Gasteiger partial charge >= 0.3 is 5.97 Å². The van der Waals surface area contributed by atoms with E-state index in [1.807, 2.05) is 6.07 Å². The molecule has 0 spiro atoms. The summed E-state index contributed by atoms with van der Waals surface area (Å²) >= 11 is 0. The van der Waals surface area contributed by atoms with Crippen LogP contribution in [-0.2, 0) is 18.2 Å². The van der Waals surface area contributed by atoms with Crippen LogP contribution in [0.3, 0.4) is 0 Å². The molecule has 0 aromatic carbocycles. The van der Waals surface area contributed by atoms with Gasteiger partial charge in [-0.2, -0.15) is 5.26 Å². The van der Waals surface area contributed by atoms with E-state index in [0.717, 1.165) is 0 Å². The number of hydrogen-bond donors (Lipinski definition) is 0. The van der Waals surface area contributed by atoms with E-state index in [1.165, 1.54) is 4.68 Å². The minimum atomic E-state index is -0.563. The highest BCUT2D eigenvalue weighted by molar-refractivity contribution is 5.84. The van der Waals surface area contributed by atoms with Gasteiger partial charge in [-0.3, -0.25) is 4.68 Å². The van der Waals surface area contributed by atoms with Crippen LogP contribution in [-0.4, -0.2) is 27.3 Å². The lowest BCUT2D eigenvalue weighted by Crippen LogP contribution is -2.07. The molecule has 0 aliphatic heterocycles. The highest BCUT2D eigenvalue weighted by atomic mass is 16.5. The highest BCUT2D eigenvalue weighted by Crippen LogP contribution is 1.99. The minimum Gasteiger partial charge on any atom is -0.460 e. The van der Waals surface area contributed by atoms with E-state index in [-0.39, 0.29) is 18.9 Å². The summed E-state index contributed by atoms with van der Waals surface area (Å²) in [6, 6.07) is 1.93. The molecule has 1 heterocycles. The molecule has 0 unspecified atom stereocenters. The Balaban J connectivity index is 2.86. The van der Waals surface area contributed by atoms with Gasteiger partial charge in [0.2, 0.25) is 0 Å². The van der Waals surface area contributed by atoms with E-state index in [9.17, 15) is 4.79 Å². The van der Waals surface area contributed by atoms with Crippen LogP contribution in [0, 0.1) is 11.3 Å². The Morgan fingerprint density at radius 2 is 2.43 bits per heavy atom. The molecule has 0 aliphatic rings. The van der Waals surface area contributed by atoms with E-state index in [0.29, 0.717) is 5.82 Å². The maximum Gasteiger partial charge on any atom is 0.378 e. The molecule has 1 aromatic heterocycles. The third-order valence-electron chi connectivity index (χ3n) is 1.55. The predicted octanol–water partition coefficient (Wildman–Crippen LogP) is 0.0579. The second kappa shape index (κ2) is 4.37. The number of carbonyl (C=O) groups excluding carboxylic acids is 1. The standard InChI is InChI=1S/C8H10N4O2/c1-3-14-8(13)7-10-6(4-5-9)12(2)11-7/h3-4H2,1-2H3. The fraction of sp³-hybridized carbons (Fsp3) is 0.500. The first-order valence-corrected chi connectivity index (χ1v) is 4.13. The summed E-state index contributed by atoms with van der Waals surface area (Å²) in [7, 11) is 1.63. The molecule has 0 saturated carbocycles. The van der Waals surface area contributed by atoms with Crippen molar-refractivity contribution >= 4 is 5.97 Å². The Morgan fingerprint density at radius 3 is 3.00 bits per heavy atom. The zero-order valence-corrected chi connectivity index (χ0v) is 8.02. The molecule has 6 heteroatoms. The van der Waals surface area contributed by atoms with Gasteiger partial charge in [-0.05, 0) is 6.92 Å². The summed E-state index contributed by atoms with van der Waals surface area (Å²) in [5.41, 5.74) is 0. The predicted molar refractivity (Wildman–Crippen MR) is 46.3 cm³/mol. The van der Waals surface area contributed by atoms with Crippen molar-refractivity contribution in [3.63, 3.8) is 0 Å². The molecule has 0 radical (unpaired) electrons. The zero-order chi connectivity index (χ0) is 10.6. The summed E-state index contributed by atoms with van der Waals surface area (Å²) in [4.78, 5) is 15.0.